The van der Waals surface area contributed by atoms with Gasteiger partial charge in [0.25, 0.3) is 0 Å². The summed E-state index contributed by atoms with van der Waals surface area (Å²) in [4.78, 5) is 2.49. The van der Waals surface area contributed by atoms with Gasteiger partial charge in [-0.15, -0.1) is 0 Å². The molecule has 0 aromatic heterocycles. The summed E-state index contributed by atoms with van der Waals surface area (Å²) in [6.07, 6.45) is 4.69. The van der Waals surface area contributed by atoms with Gasteiger partial charge in [0.15, 0.2) is 0 Å². The quantitative estimate of drug-likeness (QED) is 0.825. The van der Waals surface area contributed by atoms with Crippen LogP contribution in [0.4, 0.5) is 0 Å². The molecule has 0 bridgehead atoms. The second-order valence-corrected chi connectivity index (χ2v) is 6.52. The smallest absolute Gasteiger partial charge is 0.127 e. The van der Waals surface area contributed by atoms with Crippen molar-refractivity contribution in [1.82, 2.24) is 4.90 Å². The minimum atomic E-state index is 0.322. The van der Waals surface area contributed by atoms with Crippen LogP contribution in [0.3, 0.4) is 0 Å². The van der Waals surface area contributed by atoms with Gasteiger partial charge in [0.2, 0.25) is 0 Å². The molecule has 3 rings (SSSR count). The zero-order valence-electron chi connectivity index (χ0n) is 13.8. The second-order valence-electron chi connectivity index (χ2n) is 6.52. The van der Waals surface area contributed by atoms with Crippen molar-refractivity contribution < 1.29 is 9.84 Å². The van der Waals surface area contributed by atoms with Crippen LogP contribution in [-0.2, 0) is 0 Å². The van der Waals surface area contributed by atoms with Gasteiger partial charge in [-0.25, -0.2) is 0 Å². The number of ether oxygens (including phenoxy) is 1. The van der Waals surface area contributed by atoms with Crippen LogP contribution in [0.15, 0.2) is 42.5 Å². The molecule has 1 unspecified atom stereocenters. The molecule has 1 heterocycles. The molecule has 0 saturated carbocycles. The zero-order chi connectivity index (χ0) is 15.9. The average molecular weight is 313 g/mol. The summed E-state index contributed by atoms with van der Waals surface area (Å²) in [5.41, 5.74) is 0. The van der Waals surface area contributed by atoms with E-state index in [9.17, 15) is 5.11 Å². The molecule has 1 aliphatic rings. The van der Waals surface area contributed by atoms with E-state index in [1.807, 2.05) is 0 Å². The fourth-order valence-electron chi connectivity index (χ4n) is 3.46. The van der Waals surface area contributed by atoms with Gasteiger partial charge >= 0.3 is 0 Å². The predicted octanol–water partition coefficient (Wildman–Crippen LogP) is 3.70. The molecule has 0 spiro atoms. The average Bonchev–Trinajstić information content (AvgIpc) is 2.84. The van der Waals surface area contributed by atoms with Crippen molar-refractivity contribution in [3.63, 3.8) is 0 Å². The number of rotatable bonds is 6. The van der Waals surface area contributed by atoms with Crippen molar-refractivity contribution in [3.8, 4) is 5.75 Å². The summed E-state index contributed by atoms with van der Waals surface area (Å²) in [6, 6.07) is 14.6. The first kappa shape index (κ1) is 16.3. The summed E-state index contributed by atoms with van der Waals surface area (Å²) in [5.74, 6) is 1.43. The molecule has 3 nitrogen and oxygen atoms in total. The molecular formula is C20H27NO2. The Morgan fingerprint density at radius 1 is 1.09 bits per heavy atom. The van der Waals surface area contributed by atoms with Crippen molar-refractivity contribution in [2.24, 2.45) is 5.92 Å². The lowest BCUT2D eigenvalue weighted by Crippen LogP contribution is -2.31. The molecule has 2 aromatic carbocycles. The van der Waals surface area contributed by atoms with Gasteiger partial charge < -0.3 is 14.7 Å². The first-order valence-corrected chi connectivity index (χ1v) is 8.80. The molecular weight excluding hydrogens is 286 g/mol. The predicted molar refractivity (Wildman–Crippen MR) is 94.9 cm³/mol. The summed E-state index contributed by atoms with van der Waals surface area (Å²) in [5, 5.41) is 11.8. The maximum Gasteiger partial charge on any atom is 0.127 e. The lowest BCUT2D eigenvalue weighted by Gasteiger charge is -2.23. The van der Waals surface area contributed by atoms with Crippen molar-refractivity contribution in [1.29, 1.82) is 0 Å². The van der Waals surface area contributed by atoms with Crippen molar-refractivity contribution in [2.45, 2.75) is 25.7 Å². The molecule has 1 atom stereocenters. The molecule has 1 saturated heterocycles. The third-order valence-corrected chi connectivity index (χ3v) is 4.74. The molecule has 1 N–H and O–H groups in total. The number of hydrogen-bond donors (Lipinski definition) is 1. The minimum Gasteiger partial charge on any atom is -0.493 e. The SMILES string of the molecule is OCC1CCCCN(CCCOc2cccc3ccccc23)C1. The highest BCUT2D eigenvalue weighted by Crippen LogP contribution is 2.25. The summed E-state index contributed by atoms with van der Waals surface area (Å²) < 4.78 is 6.02. The van der Waals surface area contributed by atoms with E-state index in [1.165, 1.54) is 30.0 Å². The number of aliphatic hydroxyl groups excluding tert-OH is 1. The van der Waals surface area contributed by atoms with Gasteiger partial charge in [0, 0.05) is 25.1 Å². The maximum atomic E-state index is 9.40. The maximum absolute atomic E-state index is 9.40. The van der Waals surface area contributed by atoms with Crippen LogP contribution in [0.5, 0.6) is 5.75 Å². The van der Waals surface area contributed by atoms with Crippen molar-refractivity contribution in [2.75, 3.05) is 32.8 Å². The molecule has 0 radical (unpaired) electrons. The Labute approximate surface area is 138 Å². The summed E-state index contributed by atoms with van der Waals surface area (Å²) in [6.45, 7) is 4.31. The Kier molecular flexibility index (Phi) is 5.89. The Hall–Kier alpha value is -1.58. The molecule has 0 amide bonds. The zero-order valence-corrected chi connectivity index (χ0v) is 13.8. The van der Waals surface area contributed by atoms with E-state index in [2.05, 4.69) is 47.4 Å². The van der Waals surface area contributed by atoms with E-state index in [0.29, 0.717) is 12.5 Å². The van der Waals surface area contributed by atoms with Crippen LogP contribution >= 0.6 is 0 Å². The first-order chi connectivity index (χ1) is 11.4. The van der Waals surface area contributed by atoms with Crippen LogP contribution in [0.1, 0.15) is 25.7 Å². The lowest BCUT2D eigenvalue weighted by atomic mass is 10.1. The number of likely N-dealkylation sites (tertiary alicyclic amines) is 1. The van der Waals surface area contributed by atoms with Crippen LogP contribution < -0.4 is 4.74 Å². The van der Waals surface area contributed by atoms with E-state index in [0.717, 1.165) is 38.4 Å². The Morgan fingerprint density at radius 2 is 1.96 bits per heavy atom. The topological polar surface area (TPSA) is 32.7 Å². The standard InChI is InChI=1S/C20H27NO2/c22-16-17-7-3-4-12-21(15-17)13-6-14-23-20-11-5-9-18-8-1-2-10-19(18)20/h1-2,5,8-11,17,22H,3-4,6-7,12-16H2. The Bertz CT molecular complexity index is 608. The molecule has 124 valence electrons. The van der Waals surface area contributed by atoms with Crippen molar-refractivity contribution >= 4 is 10.8 Å². The van der Waals surface area contributed by atoms with Gasteiger partial charge in [-0.1, -0.05) is 42.8 Å². The molecule has 1 aliphatic heterocycles. The van der Waals surface area contributed by atoms with Gasteiger partial charge in [0.1, 0.15) is 5.75 Å². The molecule has 2 aromatic rings. The van der Waals surface area contributed by atoms with E-state index in [1.54, 1.807) is 0 Å². The summed E-state index contributed by atoms with van der Waals surface area (Å²) in [7, 11) is 0. The number of hydrogen-bond acceptors (Lipinski definition) is 3. The fraction of sp³-hybridized carbons (Fsp3) is 0.500. The highest BCUT2D eigenvalue weighted by atomic mass is 16.5. The number of aliphatic hydroxyl groups is 1. The van der Waals surface area contributed by atoms with Gasteiger partial charge in [-0.2, -0.15) is 0 Å². The first-order valence-electron chi connectivity index (χ1n) is 8.80. The van der Waals surface area contributed by atoms with E-state index >= 15 is 0 Å². The Balaban J connectivity index is 1.49. The largest absolute Gasteiger partial charge is 0.493 e. The fourth-order valence-corrected chi connectivity index (χ4v) is 3.46. The normalized spacial score (nSPS) is 19.6. The van der Waals surface area contributed by atoms with Crippen LogP contribution in [-0.4, -0.2) is 42.9 Å². The third kappa shape index (κ3) is 4.46. The van der Waals surface area contributed by atoms with Gasteiger partial charge in [0.05, 0.1) is 6.61 Å². The number of benzene rings is 2. The van der Waals surface area contributed by atoms with E-state index < -0.39 is 0 Å². The highest BCUT2D eigenvalue weighted by molar-refractivity contribution is 5.88. The van der Waals surface area contributed by atoms with Crippen LogP contribution in [0, 0.1) is 5.92 Å². The third-order valence-electron chi connectivity index (χ3n) is 4.74. The van der Waals surface area contributed by atoms with Gasteiger partial charge in [-0.3, -0.25) is 0 Å². The minimum absolute atomic E-state index is 0.322. The van der Waals surface area contributed by atoms with E-state index in [-0.39, 0.29) is 0 Å². The van der Waals surface area contributed by atoms with Crippen LogP contribution in [0.2, 0.25) is 0 Å². The lowest BCUT2D eigenvalue weighted by molar-refractivity contribution is 0.166. The number of nitrogens with zero attached hydrogens (tertiary/aromatic N) is 1. The molecule has 1 fully saturated rings. The number of fused-ring (bicyclic) bond motifs is 1. The van der Waals surface area contributed by atoms with E-state index in [4.69, 9.17) is 4.74 Å². The second kappa shape index (κ2) is 8.32. The molecule has 0 aliphatic carbocycles. The van der Waals surface area contributed by atoms with Crippen LogP contribution in [0.25, 0.3) is 10.8 Å². The van der Waals surface area contributed by atoms with Crippen molar-refractivity contribution in [3.05, 3.63) is 42.5 Å². The highest BCUT2D eigenvalue weighted by Gasteiger charge is 2.16. The monoisotopic (exact) mass is 313 g/mol. The summed E-state index contributed by atoms with van der Waals surface area (Å²) >= 11 is 0. The van der Waals surface area contributed by atoms with Gasteiger partial charge in [-0.05, 0) is 43.2 Å². The molecule has 23 heavy (non-hydrogen) atoms. The Morgan fingerprint density at radius 3 is 2.87 bits per heavy atom. The molecule has 3 heteroatoms.